The molecule has 0 fully saturated rings. The summed E-state index contributed by atoms with van der Waals surface area (Å²) in [5.74, 6) is -3.96. The van der Waals surface area contributed by atoms with Crippen molar-refractivity contribution < 1.29 is 41.4 Å². The number of hydrogen-bond acceptors (Lipinski definition) is 5. The highest BCUT2D eigenvalue weighted by Crippen LogP contribution is 2.28. The van der Waals surface area contributed by atoms with Crippen LogP contribution in [0.25, 0.3) is 11.0 Å². The van der Waals surface area contributed by atoms with Crippen LogP contribution in [0.4, 0.5) is 32.4 Å². The summed E-state index contributed by atoms with van der Waals surface area (Å²) in [5.41, 5.74) is -1.81. The zero-order valence-electron chi connectivity index (χ0n) is 22.4. The van der Waals surface area contributed by atoms with Crippen LogP contribution in [0.5, 0.6) is 0 Å². The van der Waals surface area contributed by atoms with Crippen LogP contribution in [-0.4, -0.2) is 68.8 Å². The van der Waals surface area contributed by atoms with E-state index in [2.05, 4.69) is 20.6 Å². The van der Waals surface area contributed by atoms with Crippen molar-refractivity contribution in [2.45, 2.75) is 44.4 Å². The van der Waals surface area contributed by atoms with E-state index < -0.39 is 59.8 Å². The third-order valence-electron chi connectivity index (χ3n) is 6.01. The number of carbonyl (C=O) groups is 3. The third-order valence-corrected chi connectivity index (χ3v) is 6.01. The van der Waals surface area contributed by atoms with Crippen molar-refractivity contribution >= 4 is 34.6 Å². The average molecular weight is 599 g/mol. The Bertz CT molecular complexity index is 1560. The molecule has 2 aromatic heterocycles. The lowest BCUT2D eigenvalue weighted by atomic mass is 10.1. The Morgan fingerprint density at radius 3 is 2.60 bits per heavy atom. The van der Waals surface area contributed by atoms with Crippen molar-refractivity contribution in [3.05, 3.63) is 69.9 Å². The summed E-state index contributed by atoms with van der Waals surface area (Å²) >= 11 is 0. The molecule has 0 radical (unpaired) electrons. The number of anilines is 1. The number of fused-ring (bicyclic) bond motifs is 1. The summed E-state index contributed by atoms with van der Waals surface area (Å²) in [6, 6.07) is 2.13. The maximum Gasteiger partial charge on any atom is 0.405 e. The second kappa shape index (κ2) is 13.3. The van der Waals surface area contributed by atoms with Gasteiger partial charge in [0.1, 0.15) is 17.6 Å². The van der Waals surface area contributed by atoms with Crippen LogP contribution in [0.15, 0.2) is 41.3 Å². The third kappa shape index (κ3) is 8.37. The lowest BCUT2D eigenvalue weighted by molar-refractivity contribution is -0.134. The van der Waals surface area contributed by atoms with Gasteiger partial charge >= 0.3 is 12.3 Å². The van der Waals surface area contributed by atoms with Gasteiger partial charge in [-0.05, 0) is 37.5 Å². The number of benzene rings is 1. The van der Waals surface area contributed by atoms with Gasteiger partial charge in [0.25, 0.3) is 5.56 Å². The molecule has 1 aromatic carbocycles. The van der Waals surface area contributed by atoms with Crippen molar-refractivity contribution in [2.75, 3.05) is 19.4 Å². The Morgan fingerprint density at radius 1 is 1.24 bits per heavy atom. The summed E-state index contributed by atoms with van der Waals surface area (Å²) in [7, 11) is 3.09. The van der Waals surface area contributed by atoms with Gasteiger partial charge < -0.3 is 30.2 Å². The molecule has 2 heterocycles. The Balaban J connectivity index is 1.80. The van der Waals surface area contributed by atoms with Crippen molar-refractivity contribution in [2.24, 2.45) is 0 Å². The molecule has 4 N–H and O–H groups in total. The largest absolute Gasteiger partial charge is 0.465 e. The standard InChI is InChI=1S/C26H27F5N6O5/c1-36(2)20(38)8-4-3-6-16(34-25(41)42)23(39)33-17-7-5-11-37(24(17)40)13-19-32-18-12-15(27)21(28)14(22(18)35-19)9-10-26(29,30)31/h4-5,7-8,11-12,16,34H,3,6,9-10,13H2,1-2H3,(H,32,35)(H,33,39)(H,41,42). The van der Waals surface area contributed by atoms with Gasteiger partial charge in [-0.25, -0.2) is 18.6 Å². The number of halogens is 5. The van der Waals surface area contributed by atoms with Crippen molar-refractivity contribution in [3.8, 4) is 0 Å². The van der Waals surface area contributed by atoms with Crippen LogP contribution in [-0.2, 0) is 22.6 Å². The van der Waals surface area contributed by atoms with Crippen LogP contribution < -0.4 is 16.2 Å². The smallest absolute Gasteiger partial charge is 0.405 e. The van der Waals surface area contributed by atoms with Crippen LogP contribution in [0.2, 0.25) is 0 Å². The van der Waals surface area contributed by atoms with Gasteiger partial charge in [-0.15, -0.1) is 0 Å². The van der Waals surface area contributed by atoms with Gasteiger partial charge in [-0.3, -0.25) is 14.4 Å². The molecule has 0 aliphatic rings. The molecular formula is C26H27F5N6O5. The van der Waals surface area contributed by atoms with E-state index in [0.29, 0.717) is 0 Å². The number of amides is 3. The lowest BCUT2D eigenvalue weighted by Crippen LogP contribution is -2.44. The molecule has 0 aliphatic carbocycles. The summed E-state index contributed by atoms with van der Waals surface area (Å²) < 4.78 is 67.6. The summed E-state index contributed by atoms with van der Waals surface area (Å²) in [6.45, 7) is -0.305. The van der Waals surface area contributed by atoms with Crippen LogP contribution in [0.1, 0.15) is 30.7 Å². The number of aromatic nitrogens is 3. The van der Waals surface area contributed by atoms with Crippen LogP contribution in [0, 0.1) is 11.6 Å². The molecule has 1 atom stereocenters. The minimum atomic E-state index is -4.61. The van der Waals surface area contributed by atoms with Gasteiger partial charge in [-0.2, -0.15) is 13.2 Å². The first-order valence-corrected chi connectivity index (χ1v) is 12.5. The molecular weight excluding hydrogens is 571 g/mol. The van der Waals surface area contributed by atoms with Gasteiger partial charge in [0.15, 0.2) is 11.6 Å². The van der Waals surface area contributed by atoms with Crippen molar-refractivity contribution in [1.82, 2.24) is 24.8 Å². The first-order valence-electron chi connectivity index (χ1n) is 12.5. The van der Waals surface area contributed by atoms with Crippen LogP contribution in [0.3, 0.4) is 0 Å². The maximum absolute atomic E-state index is 14.3. The predicted octanol–water partition coefficient (Wildman–Crippen LogP) is 3.55. The Hall–Kier alpha value is -4.76. The molecule has 1 unspecified atom stereocenters. The number of likely N-dealkylation sites (N-methyl/N-ethyl adjacent to an activating group) is 1. The van der Waals surface area contributed by atoms with E-state index in [9.17, 15) is 41.1 Å². The predicted molar refractivity (Wildman–Crippen MR) is 141 cm³/mol. The monoisotopic (exact) mass is 598 g/mol. The molecule has 0 spiro atoms. The second-order valence-electron chi connectivity index (χ2n) is 9.40. The van der Waals surface area contributed by atoms with Crippen molar-refractivity contribution in [1.29, 1.82) is 0 Å². The fourth-order valence-electron chi connectivity index (χ4n) is 3.93. The van der Waals surface area contributed by atoms with E-state index in [1.807, 2.05) is 0 Å². The number of allylic oxidation sites excluding steroid dienone is 1. The highest BCUT2D eigenvalue weighted by atomic mass is 19.4. The number of nitrogens with one attached hydrogen (secondary N) is 3. The molecule has 0 saturated carbocycles. The van der Waals surface area contributed by atoms with E-state index >= 15 is 0 Å². The number of aryl methyl sites for hydroxylation is 1. The highest BCUT2D eigenvalue weighted by molar-refractivity contribution is 5.96. The van der Waals surface area contributed by atoms with Crippen molar-refractivity contribution in [3.63, 3.8) is 0 Å². The highest BCUT2D eigenvalue weighted by Gasteiger charge is 2.29. The summed E-state index contributed by atoms with van der Waals surface area (Å²) in [5, 5.41) is 13.5. The quantitative estimate of drug-likeness (QED) is 0.196. The van der Waals surface area contributed by atoms with Gasteiger partial charge in [0.05, 0.1) is 17.6 Å². The second-order valence-corrected chi connectivity index (χ2v) is 9.40. The molecule has 3 amide bonds. The number of carboxylic acid groups (broad SMARTS) is 1. The SMILES string of the molecule is CN(C)C(=O)C=CCCC(NC(=O)O)C(=O)Nc1cccn(Cc2nc3c(CCC(F)(F)F)c(F)c(F)cc3[nH]2)c1=O. The number of aromatic amines is 1. The van der Waals surface area contributed by atoms with E-state index in [4.69, 9.17) is 5.11 Å². The number of nitrogens with zero attached hydrogens (tertiary/aromatic N) is 3. The number of imidazole rings is 1. The summed E-state index contributed by atoms with van der Waals surface area (Å²) in [4.78, 5) is 56.7. The van der Waals surface area contributed by atoms with Gasteiger partial charge in [-0.1, -0.05) is 6.08 Å². The number of hydrogen-bond donors (Lipinski definition) is 4. The molecule has 3 aromatic rings. The fraction of sp³-hybridized carbons (Fsp3) is 0.346. The zero-order valence-corrected chi connectivity index (χ0v) is 22.4. The van der Waals surface area contributed by atoms with Gasteiger partial charge in [0.2, 0.25) is 11.8 Å². The van der Waals surface area contributed by atoms with E-state index in [0.717, 1.165) is 10.6 Å². The molecule has 42 heavy (non-hydrogen) atoms. The maximum atomic E-state index is 14.3. The molecule has 16 heteroatoms. The number of carbonyl (C=O) groups excluding carboxylic acids is 2. The summed E-state index contributed by atoms with van der Waals surface area (Å²) in [6.07, 6.45) is -4.14. The Morgan fingerprint density at radius 2 is 1.95 bits per heavy atom. The molecule has 11 nitrogen and oxygen atoms in total. The van der Waals surface area contributed by atoms with Crippen LogP contribution >= 0.6 is 0 Å². The minimum absolute atomic E-state index is 0.00156. The topological polar surface area (TPSA) is 149 Å². The molecule has 0 saturated heterocycles. The fourth-order valence-corrected chi connectivity index (χ4v) is 3.93. The van der Waals surface area contributed by atoms with Gasteiger partial charge in [0, 0.05) is 38.3 Å². The Kier molecular flexibility index (Phi) is 10.0. The number of pyridine rings is 1. The lowest BCUT2D eigenvalue weighted by Gasteiger charge is -2.16. The average Bonchev–Trinajstić information content (AvgIpc) is 3.28. The first kappa shape index (κ1) is 31.8. The number of alkyl halides is 3. The zero-order chi connectivity index (χ0) is 31.2. The molecule has 3 rings (SSSR count). The van der Waals surface area contributed by atoms with E-state index in [1.54, 1.807) is 14.1 Å². The first-order chi connectivity index (χ1) is 19.7. The molecule has 0 aliphatic heterocycles. The molecule has 0 bridgehead atoms. The Labute approximate surface area is 235 Å². The van der Waals surface area contributed by atoms with E-state index in [1.165, 1.54) is 35.4 Å². The number of H-pyrrole nitrogens is 1. The number of rotatable bonds is 11. The van der Waals surface area contributed by atoms with E-state index in [-0.39, 0.29) is 47.8 Å². The molecule has 226 valence electrons. The minimum Gasteiger partial charge on any atom is -0.465 e. The normalized spacial score (nSPS) is 12.5.